The Bertz CT molecular complexity index is 843. The monoisotopic (exact) mass is 579 g/mol. The first-order chi connectivity index (χ1) is 11.3. The summed E-state index contributed by atoms with van der Waals surface area (Å²) in [5.41, 5.74) is 4.66. The molecule has 2 aromatic rings. The molecule has 0 spiro atoms. The Hall–Kier alpha value is 0.693. The van der Waals surface area contributed by atoms with Gasteiger partial charge in [0.1, 0.15) is 0 Å². The summed E-state index contributed by atoms with van der Waals surface area (Å²) < 4.78 is 1.90. The van der Waals surface area contributed by atoms with Gasteiger partial charge < -0.3 is 0 Å². The van der Waals surface area contributed by atoms with Crippen LogP contribution in [0, 0.1) is 0 Å². The normalized spacial score (nSPS) is 23.8. The van der Waals surface area contributed by atoms with Crippen LogP contribution >= 0.6 is 58.3 Å². The zero-order valence-electron chi connectivity index (χ0n) is 12.4. The van der Waals surface area contributed by atoms with Crippen molar-refractivity contribution >= 4 is 70.4 Å². The first-order valence-corrected chi connectivity index (χ1v) is 22.0. The van der Waals surface area contributed by atoms with Gasteiger partial charge in [0.2, 0.25) is 0 Å². The second kappa shape index (κ2) is 6.11. The fourth-order valence-electron chi connectivity index (χ4n) is 3.78. The van der Waals surface area contributed by atoms with Gasteiger partial charge in [0, 0.05) is 0 Å². The van der Waals surface area contributed by atoms with Gasteiger partial charge in [-0.25, -0.2) is 0 Å². The second-order valence-corrected chi connectivity index (χ2v) is 36.0. The van der Waals surface area contributed by atoms with E-state index in [9.17, 15) is 0 Å². The van der Waals surface area contributed by atoms with Gasteiger partial charge in [0.25, 0.3) is 0 Å². The van der Waals surface area contributed by atoms with E-state index in [1.54, 1.807) is 0 Å². The van der Waals surface area contributed by atoms with Gasteiger partial charge in [-0.15, -0.1) is 0 Å². The van der Waals surface area contributed by atoms with Gasteiger partial charge in [0.15, 0.2) is 0 Å². The van der Waals surface area contributed by atoms with Crippen molar-refractivity contribution < 1.29 is 14.9 Å². The van der Waals surface area contributed by atoms with Crippen molar-refractivity contribution in [3.8, 4) is 0 Å². The van der Waals surface area contributed by atoms with Gasteiger partial charge >= 0.3 is 172 Å². The van der Waals surface area contributed by atoms with Crippen molar-refractivity contribution in [1.29, 1.82) is 0 Å². The Kier molecular flexibility index (Phi) is 4.60. The number of rotatable bonds is 2. The van der Waals surface area contributed by atoms with Gasteiger partial charge in [-0.3, -0.25) is 0 Å². The first-order valence-electron chi connectivity index (χ1n) is 7.52. The zero-order valence-corrected chi connectivity index (χ0v) is 20.4. The van der Waals surface area contributed by atoms with Crippen LogP contribution in [0.15, 0.2) is 57.5 Å². The van der Waals surface area contributed by atoms with Crippen molar-refractivity contribution in [1.82, 2.24) is 0 Å². The van der Waals surface area contributed by atoms with E-state index >= 15 is 0 Å². The molecule has 123 valence electrons. The number of halogens is 4. The molecule has 0 fully saturated rings. The number of allylic oxidation sites excluding steroid dienone is 2. The molecule has 0 heterocycles. The summed E-state index contributed by atoms with van der Waals surface area (Å²) in [7, 11) is 19.8. The van der Waals surface area contributed by atoms with E-state index in [2.05, 4.69) is 68.3 Å². The quantitative estimate of drug-likeness (QED) is 0.343. The molecule has 0 radical (unpaired) electrons. The van der Waals surface area contributed by atoms with Crippen LogP contribution in [0.2, 0.25) is 0 Å². The average Bonchev–Trinajstić information content (AvgIpc) is 3.02. The van der Waals surface area contributed by atoms with Crippen LogP contribution in [-0.4, -0.2) is 0 Å². The molecule has 2 atom stereocenters. The van der Waals surface area contributed by atoms with Crippen molar-refractivity contribution in [3.63, 3.8) is 0 Å². The molecule has 0 aromatic heterocycles. The van der Waals surface area contributed by atoms with Crippen molar-refractivity contribution in [3.05, 3.63) is 79.7 Å². The first kappa shape index (κ1) is 18.1. The number of thiol groups is 1. The molecule has 2 unspecified atom stereocenters. The number of benzene rings is 2. The molecule has 0 bridgehead atoms. The fourth-order valence-corrected chi connectivity index (χ4v) is 32.1. The number of fused-ring (bicyclic) bond motifs is 2. The molecule has 2 aliphatic carbocycles. The van der Waals surface area contributed by atoms with Crippen molar-refractivity contribution in [2.24, 2.45) is 0 Å². The van der Waals surface area contributed by atoms with Crippen LogP contribution in [-0.2, 0) is 14.9 Å². The van der Waals surface area contributed by atoms with Crippen molar-refractivity contribution in [2.45, 2.75) is 7.25 Å². The maximum absolute atomic E-state index is 7.35. The third-order valence-corrected chi connectivity index (χ3v) is 24.6. The maximum atomic E-state index is 7.35. The minimum atomic E-state index is -4.63. The Morgan fingerprint density at radius 3 is 1.54 bits per heavy atom. The molecule has 6 heteroatoms. The predicted octanol–water partition coefficient (Wildman–Crippen LogP) is 7.81. The predicted molar refractivity (Wildman–Crippen MR) is 113 cm³/mol. The molecule has 0 saturated heterocycles. The van der Waals surface area contributed by atoms with E-state index in [1.165, 1.54) is 11.1 Å². The SMILES string of the molecule is [SH][Zr]([Cl])([Cl])([CH]1C(Br)=Cc2ccccc21)[CH]1C(Br)=Cc2ccccc21. The Morgan fingerprint density at radius 1 is 0.750 bits per heavy atom. The van der Waals surface area contributed by atoms with Crippen LogP contribution in [0.4, 0.5) is 0 Å². The summed E-state index contributed by atoms with van der Waals surface area (Å²) >= 11 is 2.82. The van der Waals surface area contributed by atoms with E-state index in [-0.39, 0.29) is 7.25 Å². The molecule has 0 amide bonds. The zero-order chi connectivity index (χ0) is 17.1. The molecular weight excluding hydrogens is 570 g/mol. The van der Waals surface area contributed by atoms with E-state index in [0.29, 0.717) is 0 Å². The van der Waals surface area contributed by atoms with E-state index in [1.807, 2.05) is 24.3 Å². The summed E-state index contributed by atoms with van der Waals surface area (Å²) in [6.45, 7) is 0. The Morgan fingerprint density at radius 2 is 1.12 bits per heavy atom. The topological polar surface area (TPSA) is 0 Å². The summed E-state index contributed by atoms with van der Waals surface area (Å²) in [6, 6.07) is 16.5. The molecule has 0 saturated carbocycles. The van der Waals surface area contributed by atoms with Crippen LogP contribution in [0.5, 0.6) is 0 Å². The van der Waals surface area contributed by atoms with E-state index < -0.39 is 14.9 Å². The van der Waals surface area contributed by atoms with Crippen LogP contribution in [0.25, 0.3) is 12.2 Å². The Balaban J connectivity index is 1.91. The van der Waals surface area contributed by atoms with Gasteiger partial charge in [-0.2, -0.15) is 0 Å². The molecule has 4 rings (SSSR count). The van der Waals surface area contributed by atoms with E-state index in [4.69, 9.17) is 26.4 Å². The summed E-state index contributed by atoms with van der Waals surface area (Å²) in [6.07, 6.45) is 4.24. The number of hydrogen-bond donors (Lipinski definition) is 1. The van der Waals surface area contributed by atoms with Gasteiger partial charge in [-0.05, 0) is 0 Å². The summed E-state index contributed by atoms with van der Waals surface area (Å²) in [5.74, 6) is 0. The minimum absolute atomic E-state index is 0.0774. The van der Waals surface area contributed by atoms with Gasteiger partial charge in [0.05, 0.1) is 0 Å². The number of hydrogen-bond acceptors (Lipinski definition) is 1. The third-order valence-electron chi connectivity index (χ3n) is 4.78. The standard InChI is InChI=1S/2C9H6Br.2ClH.H2S.Zr/c2*10-9-5-7-3-1-2-4-8(7)6-9;;;;/h2*1-6H;2*1H;1H2;/q;;;;;+3/p-3. The summed E-state index contributed by atoms with van der Waals surface area (Å²) in [5, 5.41) is 0. The van der Waals surface area contributed by atoms with Crippen LogP contribution in [0.3, 0.4) is 0 Å². The molecular formula is C18H13Br2Cl2SZr. The molecule has 24 heavy (non-hydrogen) atoms. The average molecular weight is 583 g/mol. The fraction of sp³-hybridized carbons (Fsp3) is 0.111. The Labute approximate surface area is 170 Å². The van der Waals surface area contributed by atoms with Crippen molar-refractivity contribution in [2.75, 3.05) is 0 Å². The van der Waals surface area contributed by atoms with Crippen LogP contribution < -0.4 is 0 Å². The molecule has 0 N–H and O–H groups in total. The second-order valence-electron chi connectivity index (χ2n) is 6.28. The summed E-state index contributed by atoms with van der Waals surface area (Å²) in [4.78, 5) is 0. The van der Waals surface area contributed by atoms with Crippen LogP contribution in [0.1, 0.15) is 29.5 Å². The van der Waals surface area contributed by atoms with Gasteiger partial charge in [-0.1, -0.05) is 0 Å². The molecule has 2 aliphatic rings. The molecule has 0 nitrogen and oxygen atoms in total. The molecule has 2 aromatic carbocycles. The van der Waals surface area contributed by atoms with E-state index in [0.717, 1.165) is 20.1 Å². The third kappa shape index (κ3) is 2.72. The molecule has 0 aliphatic heterocycles.